The molecule has 0 bridgehead atoms. The van der Waals surface area contributed by atoms with E-state index in [0.717, 1.165) is 0 Å². The molecule has 0 radical (unpaired) electrons. The fourth-order valence-electron chi connectivity index (χ4n) is 4.52. The quantitative estimate of drug-likeness (QED) is 0.119. The Balaban J connectivity index is 2.55. The summed E-state index contributed by atoms with van der Waals surface area (Å²) in [7, 11) is 3.45. The first-order chi connectivity index (χ1) is 15.0. The van der Waals surface area contributed by atoms with Gasteiger partial charge in [-0.2, -0.15) is 0 Å². The summed E-state index contributed by atoms with van der Waals surface area (Å²) in [5.41, 5.74) is 66.6. The maximum absolute atomic E-state index is 6.57. The van der Waals surface area contributed by atoms with Crippen molar-refractivity contribution in [3.63, 3.8) is 0 Å². The molecular formula is C20H28N12. The highest BCUT2D eigenvalue weighted by atomic mass is 14.9. The molecule has 12 heteroatoms. The van der Waals surface area contributed by atoms with E-state index >= 15 is 0 Å². The van der Waals surface area contributed by atoms with Gasteiger partial charge < -0.3 is 68.0 Å². The van der Waals surface area contributed by atoms with Crippen molar-refractivity contribution in [2.45, 2.75) is 0 Å². The van der Waals surface area contributed by atoms with E-state index in [1.54, 1.807) is 14.1 Å². The van der Waals surface area contributed by atoms with E-state index in [0.29, 0.717) is 49.4 Å². The molecule has 12 nitrogen and oxygen atoms in total. The molecule has 0 aliphatic carbocycles. The summed E-state index contributed by atoms with van der Waals surface area (Å²) in [5.74, 6) is 0. The Bertz CT molecular complexity index is 1490. The van der Waals surface area contributed by atoms with Crippen LogP contribution >= 0.6 is 0 Å². The Labute approximate surface area is 183 Å². The van der Waals surface area contributed by atoms with E-state index in [-0.39, 0.29) is 51.2 Å². The number of fused-ring (bicyclic) bond motifs is 5. The van der Waals surface area contributed by atoms with Gasteiger partial charge in [0.05, 0.1) is 68.2 Å². The molecule has 0 saturated carbocycles. The monoisotopic (exact) mass is 436 g/mol. The molecule has 0 aliphatic heterocycles. The summed E-state index contributed by atoms with van der Waals surface area (Å²) in [4.78, 5) is 0. The molecule has 4 rings (SSSR count). The zero-order chi connectivity index (χ0) is 23.8. The first kappa shape index (κ1) is 20.5. The van der Waals surface area contributed by atoms with Crippen molar-refractivity contribution in [1.82, 2.24) is 0 Å². The maximum Gasteiger partial charge on any atom is 0.0835 e. The van der Waals surface area contributed by atoms with Crippen LogP contribution in [0.5, 0.6) is 0 Å². The normalized spacial score (nSPS) is 11.4. The predicted molar refractivity (Wildman–Crippen MR) is 142 cm³/mol. The Morgan fingerprint density at radius 3 is 1.06 bits per heavy atom. The zero-order valence-electron chi connectivity index (χ0n) is 17.8. The fourth-order valence-corrected chi connectivity index (χ4v) is 4.52. The molecular weight excluding hydrogens is 408 g/mol. The number of nitrogens with one attached hydrogen (secondary N) is 2. The summed E-state index contributed by atoms with van der Waals surface area (Å²) in [5, 5.41) is 8.91. The lowest BCUT2D eigenvalue weighted by atomic mass is 9.88. The Morgan fingerprint density at radius 1 is 0.312 bits per heavy atom. The van der Waals surface area contributed by atoms with Crippen LogP contribution in [0.1, 0.15) is 0 Å². The second kappa shape index (κ2) is 6.38. The third-order valence-corrected chi connectivity index (χ3v) is 6.15. The topological polar surface area (TPSA) is 284 Å². The summed E-state index contributed by atoms with van der Waals surface area (Å²) in [6.07, 6.45) is 0. The second-order valence-electron chi connectivity index (χ2n) is 7.64. The molecule has 4 aromatic rings. The van der Waals surface area contributed by atoms with Crippen LogP contribution < -0.4 is 68.0 Å². The Kier molecular flexibility index (Phi) is 4.09. The third-order valence-electron chi connectivity index (χ3n) is 6.15. The molecule has 0 amide bonds. The maximum atomic E-state index is 6.57. The van der Waals surface area contributed by atoms with E-state index < -0.39 is 0 Å². The number of anilines is 12. The van der Waals surface area contributed by atoms with Crippen LogP contribution in [0.2, 0.25) is 0 Å². The first-order valence-electron chi connectivity index (χ1n) is 9.64. The molecule has 0 heterocycles. The molecule has 168 valence electrons. The van der Waals surface area contributed by atoms with Crippen LogP contribution in [0.25, 0.3) is 32.3 Å². The highest BCUT2D eigenvalue weighted by Crippen LogP contribution is 2.55. The molecule has 0 unspecified atom stereocenters. The van der Waals surface area contributed by atoms with Gasteiger partial charge in [-0.15, -0.1) is 0 Å². The zero-order valence-corrected chi connectivity index (χ0v) is 17.8. The van der Waals surface area contributed by atoms with E-state index in [9.17, 15) is 0 Å². The van der Waals surface area contributed by atoms with Crippen molar-refractivity contribution >= 4 is 101 Å². The van der Waals surface area contributed by atoms with Gasteiger partial charge in [-0.25, -0.2) is 0 Å². The molecule has 32 heavy (non-hydrogen) atoms. The molecule has 22 N–H and O–H groups in total. The van der Waals surface area contributed by atoms with E-state index in [1.165, 1.54) is 0 Å². The first-order valence-corrected chi connectivity index (χ1v) is 9.64. The van der Waals surface area contributed by atoms with Crippen molar-refractivity contribution in [2.75, 3.05) is 82.1 Å². The number of hydrogen-bond donors (Lipinski definition) is 12. The number of rotatable bonds is 2. The molecule has 0 atom stereocenters. The molecule has 0 spiro atoms. The fraction of sp³-hybridized carbons (Fsp3) is 0.100. The predicted octanol–water partition coefficient (Wildman–Crippen LogP) is 1.05. The standard InChI is InChI=1S/C20H28N12/c1-31-19-6-4-3(9(21)13(25)8(6)15(27)18(30)20(19)32-2)5-7(12(24)10(4)22)14(26)17(29)16(28)11(5)23/h31-32H,21-30H2,1-2H3. The second-order valence-corrected chi connectivity index (χ2v) is 7.64. The van der Waals surface area contributed by atoms with Crippen LogP contribution in [0.15, 0.2) is 0 Å². The van der Waals surface area contributed by atoms with Gasteiger partial charge >= 0.3 is 0 Å². The lowest BCUT2D eigenvalue weighted by Crippen LogP contribution is -2.11. The highest BCUT2D eigenvalue weighted by Gasteiger charge is 2.27. The van der Waals surface area contributed by atoms with Gasteiger partial charge in [0.15, 0.2) is 0 Å². The average Bonchev–Trinajstić information content (AvgIpc) is 2.77. The number of nitrogens with two attached hydrogens (primary N) is 10. The minimum absolute atomic E-state index is 0.109. The van der Waals surface area contributed by atoms with Crippen LogP contribution in [-0.4, -0.2) is 14.1 Å². The van der Waals surface area contributed by atoms with Gasteiger partial charge in [-0.3, -0.25) is 0 Å². The van der Waals surface area contributed by atoms with Crippen molar-refractivity contribution in [1.29, 1.82) is 0 Å². The summed E-state index contributed by atoms with van der Waals surface area (Å²) >= 11 is 0. The minimum atomic E-state index is 0.109. The van der Waals surface area contributed by atoms with Crippen LogP contribution in [0.3, 0.4) is 0 Å². The van der Waals surface area contributed by atoms with Crippen molar-refractivity contribution in [3.05, 3.63) is 0 Å². The van der Waals surface area contributed by atoms with Gasteiger partial charge in [-0.05, 0) is 0 Å². The summed E-state index contributed by atoms with van der Waals surface area (Å²) in [6, 6.07) is 0. The van der Waals surface area contributed by atoms with Crippen LogP contribution in [0.4, 0.5) is 68.2 Å². The number of benzene rings is 4. The summed E-state index contributed by atoms with van der Waals surface area (Å²) < 4.78 is 0. The average molecular weight is 437 g/mol. The van der Waals surface area contributed by atoms with Gasteiger partial charge in [0.1, 0.15) is 0 Å². The van der Waals surface area contributed by atoms with Crippen LogP contribution in [-0.2, 0) is 0 Å². The molecule has 4 aromatic carbocycles. The van der Waals surface area contributed by atoms with E-state index in [2.05, 4.69) is 10.6 Å². The van der Waals surface area contributed by atoms with Gasteiger partial charge in [-0.1, -0.05) is 0 Å². The Hall–Kier alpha value is -4.74. The van der Waals surface area contributed by atoms with Gasteiger partial charge in [0.25, 0.3) is 0 Å². The largest absolute Gasteiger partial charge is 0.397 e. The van der Waals surface area contributed by atoms with Crippen LogP contribution in [0, 0.1) is 0 Å². The Morgan fingerprint density at radius 2 is 0.594 bits per heavy atom. The van der Waals surface area contributed by atoms with Crippen molar-refractivity contribution < 1.29 is 0 Å². The lowest BCUT2D eigenvalue weighted by Gasteiger charge is -2.25. The smallest absolute Gasteiger partial charge is 0.0835 e. The summed E-state index contributed by atoms with van der Waals surface area (Å²) in [6.45, 7) is 0. The molecule has 0 aliphatic rings. The van der Waals surface area contributed by atoms with Gasteiger partial charge in [0, 0.05) is 46.4 Å². The number of hydrogen-bond acceptors (Lipinski definition) is 12. The molecule has 0 aromatic heterocycles. The van der Waals surface area contributed by atoms with Gasteiger partial charge in [0.2, 0.25) is 0 Å². The highest BCUT2D eigenvalue weighted by molar-refractivity contribution is 6.41. The SMILES string of the molecule is CNc1c(N)c(N)c2c(N)c(N)c3c4c(N)c(N)c(N)c(N)c4c(N)c(N)c3c2c1NC. The lowest BCUT2D eigenvalue weighted by molar-refractivity contribution is 1.48. The van der Waals surface area contributed by atoms with Crippen molar-refractivity contribution in [2.24, 2.45) is 0 Å². The number of nitrogen functional groups attached to an aromatic ring is 10. The third kappa shape index (κ3) is 2.14. The molecule has 0 fully saturated rings. The molecule has 0 saturated heterocycles. The van der Waals surface area contributed by atoms with Crippen molar-refractivity contribution in [3.8, 4) is 0 Å². The van der Waals surface area contributed by atoms with E-state index in [4.69, 9.17) is 57.3 Å². The minimum Gasteiger partial charge on any atom is -0.397 e. The van der Waals surface area contributed by atoms with E-state index in [1.807, 2.05) is 0 Å².